The summed E-state index contributed by atoms with van der Waals surface area (Å²) in [7, 11) is -0.472. The Balaban J connectivity index is 1.79. The molecule has 2 aliphatic heterocycles. The van der Waals surface area contributed by atoms with Gasteiger partial charge in [-0.3, -0.25) is 4.79 Å². The van der Waals surface area contributed by atoms with E-state index in [0.29, 0.717) is 5.69 Å². The monoisotopic (exact) mass is 482 g/mol. The van der Waals surface area contributed by atoms with Gasteiger partial charge < -0.3 is 14.0 Å². The maximum Gasteiger partial charge on any atom is 0.495 e. The molecule has 144 valence electrons. The first-order chi connectivity index (χ1) is 12.7. The van der Waals surface area contributed by atoms with E-state index >= 15 is 0 Å². The maximum absolute atomic E-state index is 11.7. The van der Waals surface area contributed by atoms with Gasteiger partial charge in [0.1, 0.15) is 5.69 Å². The van der Waals surface area contributed by atoms with E-state index < -0.39 is 18.3 Å². The lowest BCUT2D eigenvalue weighted by molar-refractivity contribution is -0.0367. The van der Waals surface area contributed by atoms with Gasteiger partial charge >= 0.3 is 7.12 Å². The lowest BCUT2D eigenvalue weighted by Crippen LogP contribution is -2.41. The van der Waals surface area contributed by atoms with E-state index in [9.17, 15) is 4.79 Å². The highest BCUT2D eigenvalue weighted by Gasteiger charge is 2.52. The smallest absolute Gasteiger partial charge is 0.399 e. The predicted octanol–water partition coefficient (Wildman–Crippen LogP) is 3.45. The van der Waals surface area contributed by atoms with Gasteiger partial charge in [0.15, 0.2) is 12.5 Å². The van der Waals surface area contributed by atoms with Crippen molar-refractivity contribution < 1.29 is 18.8 Å². The maximum atomic E-state index is 11.7. The van der Waals surface area contributed by atoms with E-state index in [1.54, 1.807) is 0 Å². The second-order valence-electron chi connectivity index (χ2n) is 8.25. The second-order valence-corrected chi connectivity index (χ2v) is 9.41. The molecule has 2 aromatic rings. The highest BCUT2D eigenvalue weighted by molar-refractivity contribution is 14.1. The molecule has 6 nitrogen and oxygen atoms in total. The van der Waals surface area contributed by atoms with Crippen LogP contribution in [0, 0.1) is 3.57 Å². The first-order valence-corrected chi connectivity index (χ1v) is 10.5. The first-order valence-electron chi connectivity index (χ1n) is 9.37. The third kappa shape index (κ3) is 3.24. The minimum Gasteiger partial charge on any atom is -0.399 e. The second kappa shape index (κ2) is 6.82. The summed E-state index contributed by atoms with van der Waals surface area (Å²) in [5.74, 6) is 0. The molecule has 3 heterocycles. The Kier molecular flexibility index (Phi) is 4.89. The summed E-state index contributed by atoms with van der Waals surface area (Å²) < 4.78 is 21.2. The summed E-state index contributed by atoms with van der Waals surface area (Å²) in [4.78, 5) is 11.7. The fourth-order valence-corrected chi connectivity index (χ4v) is 4.28. The van der Waals surface area contributed by atoms with E-state index in [0.717, 1.165) is 52.1 Å². The number of aromatic nitrogens is 2. The van der Waals surface area contributed by atoms with Gasteiger partial charge in [-0.1, -0.05) is 0 Å². The number of halogens is 1. The van der Waals surface area contributed by atoms with Crippen molar-refractivity contribution in [3.63, 3.8) is 0 Å². The van der Waals surface area contributed by atoms with Gasteiger partial charge in [0.2, 0.25) is 0 Å². The average Bonchev–Trinajstić information content (AvgIpc) is 3.08. The number of carbonyl (C=O) groups is 1. The Bertz CT molecular complexity index is 873. The molecule has 1 unspecified atom stereocenters. The standard InChI is InChI=1S/C19H24BIN2O4/c1-18(2)19(3,4)27-20(26-18)13-9-12-15(11-24)22-23(16(12)10-14(13)21)17-7-5-6-8-25-17/h9-11,17H,5-8H2,1-4H3. The van der Waals surface area contributed by atoms with Crippen LogP contribution in [0.3, 0.4) is 0 Å². The quantitative estimate of drug-likeness (QED) is 0.381. The van der Waals surface area contributed by atoms with E-state index in [2.05, 4.69) is 27.7 Å². The molecule has 0 amide bonds. The van der Waals surface area contributed by atoms with Crippen molar-refractivity contribution in [1.29, 1.82) is 0 Å². The molecule has 0 saturated carbocycles. The molecular formula is C19H24BIN2O4. The Labute approximate surface area is 173 Å². The number of benzene rings is 1. The molecule has 2 saturated heterocycles. The third-order valence-corrected chi connectivity index (χ3v) is 6.83. The van der Waals surface area contributed by atoms with Crippen LogP contribution < -0.4 is 5.46 Å². The van der Waals surface area contributed by atoms with Crippen LogP contribution in [0.4, 0.5) is 0 Å². The molecule has 2 fully saturated rings. The van der Waals surface area contributed by atoms with Crippen LogP contribution in [-0.2, 0) is 14.0 Å². The molecule has 0 aliphatic carbocycles. The molecule has 0 N–H and O–H groups in total. The molecule has 1 atom stereocenters. The first kappa shape index (κ1) is 19.4. The van der Waals surface area contributed by atoms with Crippen molar-refractivity contribution in [2.75, 3.05) is 6.61 Å². The van der Waals surface area contributed by atoms with Gasteiger partial charge in [-0.15, -0.1) is 0 Å². The fraction of sp³-hybridized carbons (Fsp3) is 0.579. The summed E-state index contributed by atoms with van der Waals surface area (Å²) >= 11 is 2.30. The van der Waals surface area contributed by atoms with Crippen molar-refractivity contribution in [3.8, 4) is 0 Å². The van der Waals surface area contributed by atoms with Crippen LogP contribution >= 0.6 is 22.6 Å². The van der Waals surface area contributed by atoms with Gasteiger partial charge in [0, 0.05) is 15.6 Å². The zero-order valence-corrected chi connectivity index (χ0v) is 18.3. The zero-order valence-electron chi connectivity index (χ0n) is 16.1. The number of nitrogens with zero attached hydrogens (tertiary/aromatic N) is 2. The van der Waals surface area contributed by atoms with Crippen LogP contribution in [0.15, 0.2) is 12.1 Å². The Hall–Kier alpha value is -0.965. The van der Waals surface area contributed by atoms with Crippen molar-refractivity contribution in [2.24, 2.45) is 0 Å². The Morgan fingerprint density at radius 2 is 1.93 bits per heavy atom. The summed E-state index contributed by atoms with van der Waals surface area (Å²) in [5, 5.41) is 5.35. The van der Waals surface area contributed by atoms with Crippen LogP contribution in [0.1, 0.15) is 63.7 Å². The van der Waals surface area contributed by atoms with Crippen molar-refractivity contribution in [3.05, 3.63) is 21.4 Å². The highest BCUT2D eigenvalue weighted by Crippen LogP contribution is 2.37. The number of ether oxygens (including phenoxy) is 1. The van der Waals surface area contributed by atoms with Crippen LogP contribution in [0.25, 0.3) is 10.9 Å². The number of aldehydes is 1. The molecule has 1 aromatic heterocycles. The van der Waals surface area contributed by atoms with Crippen LogP contribution in [0.2, 0.25) is 0 Å². The van der Waals surface area contributed by atoms with Gasteiger partial charge in [0.05, 0.1) is 16.7 Å². The number of fused-ring (bicyclic) bond motifs is 1. The zero-order chi connectivity index (χ0) is 19.4. The van der Waals surface area contributed by atoms with Crippen LogP contribution in [-0.4, -0.2) is 41.0 Å². The Morgan fingerprint density at radius 1 is 1.22 bits per heavy atom. The fourth-order valence-electron chi connectivity index (χ4n) is 3.57. The van der Waals surface area contributed by atoms with Crippen LogP contribution in [0.5, 0.6) is 0 Å². The van der Waals surface area contributed by atoms with Crippen molar-refractivity contribution >= 4 is 52.4 Å². The minimum atomic E-state index is -0.472. The van der Waals surface area contributed by atoms with Gasteiger partial charge in [-0.05, 0) is 87.1 Å². The SMILES string of the molecule is CC1(C)OB(c2cc3c(C=O)nn(C4CCCCO4)c3cc2I)OC1(C)C. The molecule has 1 aromatic carbocycles. The number of hydrogen-bond acceptors (Lipinski definition) is 5. The summed E-state index contributed by atoms with van der Waals surface area (Å²) in [5.41, 5.74) is 1.43. The Morgan fingerprint density at radius 3 is 2.52 bits per heavy atom. The third-order valence-electron chi connectivity index (χ3n) is 5.90. The van der Waals surface area contributed by atoms with Crippen molar-refractivity contribution in [2.45, 2.75) is 64.4 Å². The highest BCUT2D eigenvalue weighted by atomic mass is 127. The topological polar surface area (TPSA) is 62.6 Å². The molecule has 8 heteroatoms. The largest absolute Gasteiger partial charge is 0.495 e. The van der Waals surface area contributed by atoms with Gasteiger partial charge in [-0.2, -0.15) is 5.10 Å². The molecule has 2 aliphatic rings. The average molecular weight is 482 g/mol. The van der Waals surface area contributed by atoms with E-state index in [-0.39, 0.29) is 6.23 Å². The number of hydrogen-bond donors (Lipinski definition) is 0. The summed E-state index contributed by atoms with van der Waals surface area (Å²) in [6.07, 6.45) is 3.77. The van der Waals surface area contributed by atoms with E-state index in [1.165, 1.54) is 0 Å². The molecule has 27 heavy (non-hydrogen) atoms. The molecule has 0 spiro atoms. The lowest BCUT2D eigenvalue weighted by Gasteiger charge is -2.32. The van der Waals surface area contributed by atoms with Gasteiger partial charge in [0.25, 0.3) is 0 Å². The molecule has 0 bridgehead atoms. The molecule has 0 radical (unpaired) electrons. The van der Waals surface area contributed by atoms with Gasteiger partial charge in [-0.25, -0.2) is 4.68 Å². The number of carbonyl (C=O) groups excluding carboxylic acids is 1. The number of rotatable bonds is 3. The van der Waals surface area contributed by atoms with Crippen molar-refractivity contribution in [1.82, 2.24) is 9.78 Å². The normalized spacial score (nSPS) is 24.5. The summed E-state index contributed by atoms with van der Waals surface area (Å²) in [6.45, 7) is 8.87. The van der Waals surface area contributed by atoms with E-state index in [4.69, 9.17) is 14.0 Å². The summed E-state index contributed by atoms with van der Waals surface area (Å²) in [6, 6.07) is 4.03. The lowest BCUT2D eigenvalue weighted by atomic mass is 9.78. The molecular weight excluding hydrogens is 458 g/mol. The molecule has 4 rings (SSSR count). The van der Waals surface area contributed by atoms with E-state index in [1.807, 2.05) is 44.5 Å². The predicted molar refractivity (Wildman–Crippen MR) is 112 cm³/mol. The minimum absolute atomic E-state index is 0.117.